The molecule has 54 heavy (non-hydrogen) atoms. The number of anilines is 3. The average Bonchev–Trinajstić information content (AvgIpc) is 3.23. The Labute approximate surface area is 316 Å². The van der Waals surface area contributed by atoms with Crippen molar-refractivity contribution in [2.24, 2.45) is 0 Å². The highest BCUT2D eigenvalue weighted by Crippen LogP contribution is 2.51. The van der Waals surface area contributed by atoms with Crippen molar-refractivity contribution in [3.05, 3.63) is 210 Å². The van der Waals surface area contributed by atoms with Gasteiger partial charge in [-0.3, -0.25) is 0 Å². The molecule has 1 aliphatic rings. The molecule has 0 radical (unpaired) electrons. The summed E-state index contributed by atoms with van der Waals surface area (Å²) in [5, 5.41) is 7.42. The van der Waals surface area contributed by atoms with E-state index in [4.69, 9.17) is 0 Å². The molecule has 1 heteroatoms. The summed E-state index contributed by atoms with van der Waals surface area (Å²) in [4.78, 5) is 2.28. The van der Waals surface area contributed by atoms with E-state index in [1.165, 1.54) is 65.7 Å². The zero-order valence-electron chi connectivity index (χ0n) is 30.3. The predicted molar refractivity (Wildman–Crippen MR) is 229 cm³/mol. The number of hydrogen-bond donors (Lipinski definition) is 0. The summed E-state index contributed by atoms with van der Waals surface area (Å²) in [6.45, 7) is 4.73. The van der Waals surface area contributed by atoms with E-state index in [1.807, 2.05) is 0 Å². The second-order valence-electron chi connectivity index (χ2n) is 14.7. The topological polar surface area (TPSA) is 3.24 Å². The Morgan fingerprint density at radius 1 is 0.370 bits per heavy atom. The van der Waals surface area contributed by atoms with Crippen LogP contribution in [0.2, 0.25) is 0 Å². The van der Waals surface area contributed by atoms with Crippen molar-refractivity contribution < 1.29 is 0 Å². The highest BCUT2D eigenvalue weighted by molar-refractivity contribution is 6.21. The van der Waals surface area contributed by atoms with Gasteiger partial charge in [0.25, 0.3) is 0 Å². The van der Waals surface area contributed by atoms with Crippen LogP contribution < -0.4 is 4.90 Å². The van der Waals surface area contributed by atoms with Crippen LogP contribution in [0.5, 0.6) is 0 Å². The maximum Gasteiger partial charge on any atom is 0.0462 e. The van der Waals surface area contributed by atoms with Crippen molar-refractivity contribution in [2.45, 2.75) is 19.3 Å². The lowest BCUT2D eigenvalue weighted by Gasteiger charge is -2.35. The molecule has 1 aliphatic carbocycles. The molecule has 1 nitrogen and oxygen atoms in total. The highest BCUT2D eigenvalue weighted by Gasteiger charge is 2.33. The third kappa shape index (κ3) is 5.03. The highest BCUT2D eigenvalue weighted by atomic mass is 15.1. The van der Waals surface area contributed by atoms with Crippen LogP contribution in [0.3, 0.4) is 0 Å². The molecule has 0 saturated carbocycles. The van der Waals surface area contributed by atoms with Crippen LogP contribution in [0.1, 0.15) is 36.1 Å². The van der Waals surface area contributed by atoms with Crippen molar-refractivity contribution in [1.29, 1.82) is 0 Å². The van der Waals surface area contributed by atoms with Gasteiger partial charge >= 0.3 is 0 Å². The van der Waals surface area contributed by atoms with Crippen LogP contribution in [-0.4, -0.2) is 0 Å². The van der Waals surface area contributed by atoms with E-state index in [-0.39, 0.29) is 5.41 Å². The number of hydrogen-bond acceptors (Lipinski definition) is 1. The first-order valence-corrected chi connectivity index (χ1v) is 18.7. The van der Waals surface area contributed by atoms with E-state index in [0.717, 1.165) is 28.2 Å². The van der Waals surface area contributed by atoms with Crippen molar-refractivity contribution in [2.75, 3.05) is 4.90 Å². The van der Waals surface area contributed by atoms with Gasteiger partial charge in [-0.25, -0.2) is 0 Å². The molecule has 9 aromatic carbocycles. The third-order valence-electron chi connectivity index (χ3n) is 11.3. The molecule has 0 saturated heterocycles. The van der Waals surface area contributed by atoms with E-state index in [2.05, 4.69) is 219 Å². The molecule has 0 fully saturated rings. The maximum atomic E-state index is 3.67. The van der Waals surface area contributed by atoms with E-state index < -0.39 is 0 Å². The van der Waals surface area contributed by atoms with Crippen molar-refractivity contribution in [1.82, 2.24) is 0 Å². The second-order valence-corrected chi connectivity index (χ2v) is 14.7. The monoisotopic (exact) mass is 687 g/mol. The minimum absolute atomic E-state index is 0.106. The van der Waals surface area contributed by atoms with Crippen LogP contribution >= 0.6 is 0 Å². The lowest BCUT2D eigenvalue weighted by Crippen LogP contribution is -2.23. The fourth-order valence-electron chi connectivity index (χ4n) is 8.76. The molecule has 0 atom stereocenters. The van der Waals surface area contributed by atoms with Gasteiger partial charge in [0, 0.05) is 33.6 Å². The molecule has 0 aromatic heterocycles. The van der Waals surface area contributed by atoms with Crippen molar-refractivity contribution >= 4 is 49.4 Å². The molecule has 0 aliphatic heterocycles. The van der Waals surface area contributed by atoms with Gasteiger partial charge in [-0.05, 0) is 114 Å². The van der Waals surface area contributed by atoms with Gasteiger partial charge in [-0.15, -0.1) is 0 Å². The normalized spacial score (nSPS) is 12.6. The number of benzene rings is 9. The number of nitrogens with zero attached hydrogens (tertiary/aromatic N) is 1. The Kier molecular flexibility index (Phi) is 7.46. The summed E-state index contributed by atoms with van der Waals surface area (Å²) < 4.78 is 0. The quantitative estimate of drug-likeness (QED) is 0.131. The first kappa shape index (κ1) is 31.8. The largest absolute Gasteiger partial charge is 0.311 e. The Hall–Kier alpha value is -6.88. The molecule has 0 N–H and O–H groups in total. The van der Waals surface area contributed by atoms with Gasteiger partial charge in [0.05, 0.1) is 0 Å². The van der Waals surface area contributed by atoms with Gasteiger partial charge in [-0.2, -0.15) is 0 Å². The van der Waals surface area contributed by atoms with Gasteiger partial charge in [0.2, 0.25) is 0 Å². The minimum Gasteiger partial charge on any atom is -0.311 e. The molecule has 0 amide bonds. The van der Waals surface area contributed by atoms with Gasteiger partial charge in [0.15, 0.2) is 0 Å². The summed E-state index contributed by atoms with van der Waals surface area (Å²) in [6.07, 6.45) is 0. The zero-order chi connectivity index (χ0) is 36.2. The molecule has 0 unspecified atom stereocenters. The summed E-state index contributed by atoms with van der Waals surface area (Å²) in [5.74, 6) is 7.23. The Morgan fingerprint density at radius 3 is 1.52 bits per heavy atom. The molecular formula is C53H37N. The van der Waals surface area contributed by atoms with Crippen LogP contribution in [-0.2, 0) is 5.41 Å². The van der Waals surface area contributed by atoms with Gasteiger partial charge in [-0.1, -0.05) is 165 Å². The fourth-order valence-corrected chi connectivity index (χ4v) is 8.76. The van der Waals surface area contributed by atoms with Crippen molar-refractivity contribution in [3.8, 4) is 34.1 Å². The van der Waals surface area contributed by atoms with Gasteiger partial charge in [0.1, 0.15) is 0 Å². The molecule has 0 heterocycles. The summed E-state index contributed by atoms with van der Waals surface area (Å²) >= 11 is 0. The minimum atomic E-state index is -0.106. The molecule has 0 bridgehead atoms. The standard InChI is InChI=1S/C53H37N/c1-53(2)49-26-14-13-22-43(49)47-34-35-48(46-25-15-27-50(53)52(46)47)51-44-23-11-9-20-40(44)42(41-21-10-12-24-45(41)51)33-30-36-28-31-39(32-29-36)54(37-16-5-3-6-17-37)38-18-7-4-8-19-38/h3-29,31-32,34-35H,1-2H3. The zero-order valence-corrected chi connectivity index (χ0v) is 30.3. The van der Waals surface area contributed by atoms with E-state index in [1.54, 1.807) is 0 Å². The second kappa shape index (κ2) is 12.7. The summed E-state index contributed by atoms with van der Waals surface area (Å²) in [6, 6.07) is 67.7. The fraction of sp³-hybridized carbons (Fsp3) is 0.0566. The molecule has 10 rings (SSSR count). The smallest absolute Gasteiger partial charge is 0.0462 e. The van der Waals surface area contributed by atoms with Crippen LogP contribution in [0.15, 0.2) is 188 Å². The number of fused-ring (bicyclic) bond motifs is 4. The molecule has 0 spiro atoms. The molecular weight excluding hydrogens is 651 g/mol. The van der Waals surface area contributed by atoms with Crippen LogP contribution in [0.4, 0.5) is 17.1 Å². The Balaban J connectivity index is 1.13. The Morgan fingerprint density at radius 2 is 0.870 bits per heavy atom. The summed E-state index contributed by atoms with van der Waals surface area (Å²) in [7, 11) is 0. The number of para-hydroxylation sites is 2. The van der Waals surface area contributed by atoms with E-state index in [0.29, 0.717) is 0 Å². The van der Waals surface area contributed by atoms with Gasteiger partial charge < -0.3 is 4.90 Å². The maximum absolute atomic E-state index is 3.67. The Bertz CT molecular complexity index is 2850. The van der Waals surface area contributed by atoms with E-state index >= 15 is 0 Å². The first-order valence-electron chi connectivity index (χ1n) is 18.7. The lowest BCUT2D eigenvalue weighted by molar-refractivity contribution is 0.645. The summed E-state index contributed by atoms with van der Waals surface area (Å²) in [5.41, 5.74) is 13.2. The predicted octanol–water partition coefficient (Wildman–Crippen LogP) is 14.0. The molecule has 9 aromatic rings. The van der Waals surface area contributed by atoms with E-state index in [9.17, 15) is 0 Å². The van der Waals surface area contributed by atoms with Crippen LogP contribution in [0, 0.1) is 11.8 Å². The molecule has 254 valence electrons. The first-order chi connectivity index (χ1) is 26.6. The average molecular weight is 688 g/mol. The van der Waals surface area contributed by atoms with Crippen LogP contribution in [0.25, 0.3) is 54.6 Å². The lowest BCUT2D eigenvalue weighted by atomic mass is 9.68. The van der Waals surface area contributed by atoms with Crippen molar-refractivity contribution in [3.63, 3.8) is 0 Å². The third-order valence-corrected chi connectivity index (χ3v) is 11.3. The number of rotatable bonds is 4. The SMILES string of the molecule is CC1(C)c2ccccc2-c2ccc(-c3c4ccccc4c(C#Cc4ccc(N(c5ccccc5)c5ccccc5)cc4)c4ccccc34)c3cccc1c23.